The van der Waals surface area contributed by atoms with Crippen LogP contribution in [-0.4, -0.2) is 50.3 Å². The molecule has 6 nitrogen and oxygen atoms in total. The maximum absolute atomic E-state index is 15.0. The Morgan fingerprint density at radius 2 is 1.89 bits per heavy atom. The number of hydrogen-bond donors (Lipinski definition) is 1. The summed E-state index contributed by atoms with van der Waals surface area (Å²) >= 11 is 12.2. The Kier molecular flexibility index (Phi) is 7.12. The van der Waals surface area contributed by atoms with E-state index in [2.05, 4.69) is 4.90 Å². The fourth-order valence-corrected chi connectivity index (χ4v) is 6.19. The van der Waals surface area contributed by atoms with Crippen LogP contribution in [0.1, 0.15) is 58.6 Å². The highest BCUT2D eigenvalue weighted by Crippen LogP contribution is 2.43. The number of carbonyl (C=O) groups excluding carboxylic acids is 1. The molecule has 0 spiro atoms. The number of benzene rings is 2. The van der Waals surface area contributed by atoms with E-state index in [9.17, 15) is 13.2 Å². The molecule has 2 saturated carbocycles. The lowest BCUT2D eigenvalue weighted by atomic mass is 9.98. The van der Waals surface area contributed by atoms with E-state index in [0.29, 0.717) is 55.5 Å². The molecule has 1 atom stereocenters. The van der Waals surface area contributed by atoms with Gasteiger partial charge < -0.3 is 4.74 Å². The zero-order valence-corrected chi connectivity index (χ0v) is 21.4. The second-order valence-corrected chi connectivity index (χ2v) is 12.4. The molecule has 1 N–H and O–H groups in total. The molecule has 10 heteroatoms. The summed E-state index contributed by atoms with van der Waals surface area (Å²) in [7, 11) is -3.74. The monoisotopic (exact) mass is 540 g/mol. The average molecular weight is 541 g/mol. The Morgan fingerprint density at radius 3 is 2.57 bits per heavy atom. The van der Waals surface area contributed by atoms with E-state index in [-0.39, 0.29) is 17.6 Å². The minimum Gasteiger partial charge on any atom is -0.375 e. The van der Waals surface area contributed by atoms with Crippen LogP contribution in [0.2, 0.25) is 10.0 Å². The topological polar surface area (TPSA) is 75.7 Å². The minimum atomic E-state index is -3.74. The molecule has 188 valence electrons. The summed E-state index contributed by atoms with van der Waals surface area (Å²) in [5.41, 5.74) is 2.58. The smallest absolute Gasteiger partial charge is 0.267 e. The van der Waals surface area contributed by atoms with Crippen LogP contribution in [0.5, 0.6) is 0 Å². The van der Waals surface area contributed by atoms with E-state index in [1.54, 1.807) is 12.1 Å². The molecule has 2 aromatic carbocycles. The number of rotatable bonds is 8. The van der Waals surface area contributed by atoms with Gasteiger partial charge in [0.2, 0.25) is 10.0 Å². The molecule has 3 aliphatic rings. The Hall–Kier alpha value is -1.71. The summed E-state index contributed by atoms with van der Waals surface area (Å²) in [5.74, 6) is -1.32. The third kappa shape index (κ3) is 6.00. The molecule has 35 heavy (non-hydrogen) atoms. The lowest BCUT2D eigenvalue weighted by molar-refractivity contribution is -0.0305. The van der Waals surface area contributed by atoms with Gasteiger partial charge in [-0.25, -0.2) is 17.5 Å². The standard InChI is InChI=1S/C25H27Cl2FN2O4S/c26-22-6-1-15(10-23(22)27)9-18-14-30(7-8-34-18)13-17-11-24(28)21(12-20(17)16-2-3-16)25(31)29-35(32,33)19-4-5-19/h1,6,10-12,16,18-19H,2-5,7-9,13-14H2,(H,29,31)/t18-/m1/s1. The fraction of sp³-hybridized carbons (Fsp3) is 0.480. The summed E-state index contributed by atoms with van der Waals surface area (Å²) in [6.45, 7) is 2.48. The van der Waals surface area contributed by atoms with Crippen LogP contribution in [0.15, 0.2) is 30.3 Å². The SMILES string of the molecule is O=C(NS(=O)(=O)C1CC1)c1cc(C2CC2)c(CN2CCO[C@H](Cc3ccc(Cl)c(Cl)c3)C2)cc1F. The highest BCUT2D eigenvalue weighted by atomic mass is 35.5. The number of hydrogen-bond acceptors (Lipinski definition) is 5. The van der Waals surface area contributed by atoms with Gasteiger partial charge in [0, 0.05) is 19.6 Å². The molecule has 3 fully saturated rings. The van der Waals surface area contributed by atoms with E-state index < -0.39 is 27.0 Å². The van der Waals surface area contributed by atoms with Gasteiger partial charge >= 0.3 is 0 Å². The zero-order chi connectivity index (χ0) is 24.7. The van der Waals surface area contributed by atoms with E-state index in [0.717, 1.165) is 29.5 Å². The second-order valence-electron chi connectivity index (χ2n) is 9.66. The molecular formula is C25H27Cl2FN2O4S. The Bertz CT molecular complexity index is 1250. The quantitative estimate of drug-likeness (QED) is 0.526. The van der Waals surface area contributed by atoms with Crippen LogP contribution in [0.25, 0.3) is 0 Å². The number of amides is 1. The van der Waals surface area contributed by atoms with Crippen LogP contribution < -0.4 is 4.72 Å². The number of nitrogens with zero attached hydrogens (tertiary/aromatic N) is 1. The molecule has 1 saturated heterocycles. The maximum Gasteiger partial charge on any atom is 0.267 e. The summed E-state index contributed by atoms with van der Waals surface area (Å²) in [4.78, 5) is 14.8. The predicted octanol–water partition coefficient (Wildman–Crippen LogP) is 4.68. The Morgan fingerprint density at radius 1 is 1.11 bits per heavy atom. The van der Waals surface area contributed by atoms with Crippen LogP contribution in [-0.2, 0) is 27.7 Å². The third-order valence-electron chi connectivity index (χ3n) is 6.75. The summed E-state index contributed by atoms with van der Waals surface area (Å²) < 4.78 is 47.3. The van der Waals surface area contributed by atoms with Gasteiger partial charge in [0.15, 0.2) is 0 Å². The number of carbonyl (C=O) groups is 1. The van der Waals surface area contributed by atoms with Crippen molar-refractivity contribution in [1.29, 1.82) is 0 Å². The van der Waals surface area contributed by atoms with Crippen molar-refractivity contribution < 1.29 is 22.3 Å². The van der Waals surface area contributed by atoms with Gasteiger partial charge in [0.05, 0.1) is 33.6 Å². The van der Waals surface area contributed by atoms with Crippen LogP contribution >= 0.6 is 23.2 Å². The van der Waals surface area contributed by atoms with Crippen molar-refractivity contribution in [3.63, 3.8) is 0 Å². The molecule has 1 aliphatic heterocycles. The average Bonchev–Trinajstić information content (AvgIpc) is 3.69. The van der Waals surface area contributed by atoms with Crippen molar-refractivity contribution in [3.05, 3.63) is 68.4 Å². The first-order valence-corrected chi connectivity index (χ1v) is 14.2. The van der Waals surface area contributed by atoms with E-state index in [1.165, 1.54) is 6.07 Å². The largest absolute Gasteiger partial charge is 0.375 e. The van der Waals surface area contributed by atoms with Gasteiger partial charge in [-0.05, 0) is 79.0 Å². The number of halogens is 3. The molecular weight excluding hydrogens is 514 g/mol. The van der Waals surface area contributed by atoms with Crippen LogP contribution in [0.4, 0.5) is 4.39 Å². The van der Waals surface area contributed by atoms with E-state index >= 15 is 4.39 Å². The maximum atomic E-state index is 15.0. The van der Waals surface area contributed by atoms with E-state index in [1.807, 2.05) is 16.9 Å². The molecule has 2 aliphatic carbocycles. The van der Waals surface area contributed by atoms with E-state index in [4.69, 9.17) is 27.9 Å². The molecule has 0 bridgehead atoms. The first kappa shape index (κ1) is 25.0. The molecule has 0 unspecified atom stereocenters. The van der Waals surface area contributed by atoms with Gasteiger partial charge in [-0.2, -0.15) is 0 Å². The number of nitrogens with one attached hydrogen (secondary N) is 1. The Balaban J connectivity index is 1.29. The van der Waals surface area contributed by atoms with Gasteiger partial charge in [-0.15, -0.1) is 0 Å². The lowest BCUT2D eigenvalue weighted by Gasteiger charge is -2.33. The predicted molar refractivity (Wildman–Crippen MR) is 133 cm³/mol. The van der Waals surface area contributed by atoms with Crippen LogP contribution in [0, 0.1) is 5.82 Å². The normalized spacial score (nSPS) is 21.2. The fourth-order valence-electron chi connectivity index (χ4n) is 4.58. The molecule has 1 amide bonds. The van der Waals surface area contributed by atoms with Crippen molar-refractivity contribution >= 4 is 39.1 Å². The molecule has 5 rings (SSSR count). The van der Waals surface area contributed by atoms with Gasteiger partial charge in [0.1, 0.15) is 5.82 Å². The molecule has 0 radical (unpaired) electrons. The molecule has 0 aromatic heterocycles. The number of morpholine rings is 1. The highest BCUT2D eigenvalue weighted by Gasteiger charge is 2.38. The summed E-state index contributed by atoms with van der Waals surface area (Å²) in [6.07, 6.45) is 3.66. The van der Waals surface area contributed by atoms with Crippen molar-refractivity contribution in [3.8, 4) is 0 Å². The number of sulfonamides is 1. The summed E-state index contributed by atoms with van der Waals surface area (Å²) in [6, 6.07) is 8.51. The first-order valence-electron chi connectivity index (χ1n) is 11.9. The molecule has 1 heterocycles. The van der Waals surface area contributed by atoms with Gasteiger partial charge in [0.25, 0.3) is 5.91 Å². The van der Waals surface area contributed by atoms with Gasteiger partial charge in [-0.3, -0.25) is 9.69 Å². The minimum absolute atomic E-state index is 0.0344. The lowest BCUT2D eigenvalue weighted by Crippen LogP contribution is -2.43. The molecule has 2 aromatic rings. The van der Waals surface area contributed by atoms with Crippen LogP contribution in [0.3, 0.4) is 0 Å². The zero-order valence-electron chi connectivity index (χ0n) is 19.1. The first-order chi connectivity index (χ1) is 16.7. The third-order valence-corrected chi connectivity index (χ3v) is 9.31. The van der Waals surface area contributed by atoms with Gasteiger partial charge in [-0.1, -0.05) is 29.3 Å². The Labute approximate surface area is 214 Å². The highest BCUT2D eigenvalue weighted by molar-refractivity contribution is 7.91. The van der Waals surface area contributed by atoms with Crippen molar-refractivity contribution in [2.75, 3.05) is 19.7 Å². The van der Waals surface area contributed by atoms with Crippen molar-refractivity contribution in [2.45, 2.75) is 55.9 Å². The second kappa shape index (κ2) is 9.98. The van der Waals surface area contributed by atoms with Crippen molar-refractivity contribution in [2.24, 2.45) is 0 Å². The van der Waals surface area contributed by atoms with Crippen molar-refractivity contribution in [1.82, 2.24) is 9.62 Å². The summed E-state index contributed by atoms with van der Waals surface area (Å²) in [5, 5.41) is 0.476. The number of ether oxygens (including phenoxy) is 1.